The number of carbonyl (C=O) groups excluding carboxylic acids is 1. The first-order valence-electron chi connectivity index (χ1n) is 8.98. The zero-order valence-corrected chi connectivity index (χ0v) is 17.7. The summed E-state index contributed by atoms with van der Waals surface area (Å²) in [4.78, 5) is 25.6. The molecule has 0 aliphatic rings. The van der Waals surface area contributed by atoms with Gasteiger partial charge in [-0.15, -0.1) is 0 Å². The average Bonchev–Trinajstić information content (AvgIpc) is 2.97. The Kier molecular flexibility index (Phi) is 5.74. The molecule has 1 amide bonds. The maximum absolute atomic E-state index is 12.8. The molecular formula is C19H31N3O2Si. The summed E-state index contributed by atoms with van der Waals surface area (Å²) in [5.74, 6) is -0.151. The van der Waals surface area contributed by atoms with E-state index >= 15 is 0 Å². The van der Waals surface area contributed by atoms with Crippen molar-refractivity contribution in [2.75, 3.05) is 14.2 Å². The third-order valence-corrected chi connectivity index (χ3v) is 12.8. The van der Waals surface area contributed by atoms with Crippen molar-refractivity contribution in [2.24, 2.45) is 0 Å². The fourth-order valence-corrected chi connectivity index (χ4v) is 11.7. The minimum atomic E-state index is -1.93. The summed E-state index contributed by atoms with van der Waals surface area (Å²) in [5.41, 5.74) is 3.08. The standard InChI is InChI=1S/C19H31N3O2Si/c1-12(2)25(13(3)4,14(5)6)16-9-10-20-18-17(16)15(11-21-18)19(23)22(7)24-8/h9-14H,1-8H3,(H,20,21). The van der Waals surface area contributed by atoms with Crippen LogP contribution in [0.4, 0.5) is 0 Å². The summed E-state index contributed by atoms with van der Waals surface area (Å²) < 4.78 is 0. The van der Waals surface area contributed by atoms with Crippen LogP contribution in [0.15, 0.2) is 18.5 Å². The van der Waals surface area contributed by atoms with Crippen LogP contribution in [0.1, 0.15) is 51.9 Å². The van der Waals surface area contributed by atoms with Gasteiger partial charge in [-0.25, -0.2) is 10.0 Å². The van der Waals surface area contributed by atoms with Crippen LogP contribution >= 0.6 is 0 Å². The summed E-state index contributed by atoms with van der Waals surface area (Å²) >= 11 is 0. The van der Waals surface area contributed by atoms with Crippen molar-refractivity contribution in [1.82, 2.24) is 15.0 Å². The maximum Gasteiger partial charge on any atom is 0.279 e. The molecule has 0 saturated carbocycles. The highest BCUT2D eigenvalue weighted by Crippen LogP contribution is 2.42. The van der Waals surface area contributed by atoms with Crippen LogP contribution < -0.4 is 5.19 Å². The molecular weight excluding hydrogens is 330 g/mol. The zero-order valence-electron chi connectivity index (χ0n) is 16.7. The van der Waals surface area contributed by atoms with Gasteiger partial charge in [-0.3, -0.25) is 9.63 Å². The predicted molar refractivity (Wildman–Crippen MR) is 106 cm³/mol. The van der Waals surface area contributed by atoms with Crippen molar-refractivity contribution in [3.8, 4) is 0 Å². The fraction of sp³-hybridized carbons (Fsp3) is 0.579. The zero-order chi connectivity index (χ0) is 18.9. The fourth-order valence-electron chi connectivity index (χ4n) is 4.77. The molecule has 0 radical (unpaired) electrons. The highest BCUT2D eigenvalue weighted by atomic mass is 28.3. The first-order valence-corrected chi connectivity index (χ1v) is 11.2. The summed E-state index contributed by atoms with van der Waals surface area (Å²) in [6, 6.07) is 2.14. The van der Waals surface area contributed by atoms with E-state index in [1.165, 1.54) is 17.4 Å². The lowest BCUT2D eigenvalue weighted by Crippen LogP contribution is -2.56. The Morgan fingerprint density at radius 2 is 1.72 bits per heavy atom. The number of hydrogen-bond donors (Lipinski definition) is 1. The summed E-state index contributed by atoms with van der Waals surface area (Å²) in [5, 5.41) is 3.56. The number of nitrogens with zero attached hydrogens (tertiary/aromatic N) is 2. The normalized spacial score (nSPS) is 12.6. The molecule has 5 nitrogen and oxygen atoms in total. The van der Waals surface area contributed by atoms with Gasteiger partial charge in [0.25, 0.3) is 5.91 Å². The van der Waals surface area contributed by atoms with Gasteiger partial charge in [0.05, 0.1) is 20.7 Å². The Morgan fingerprint density at radius 1 is 1.16 bits per heavy atom. The first kappa shape index (κ1) is 19.7. The topological polar surface area (TPSA) is 58.2 Å². The minimum Gasteiger partial charge on any atom is -0.345 e. The molecule has 0 spiro atoms. The SMILES string of the molecule is CON(C)C(=O)c1c[nH]c2nccc([Si](C(C)C)(C(C)C)C(C)C)c12. The van der Waals surface area contributed by atoms with E-state index < -0.39 is 8.07 Å². The number of pyridine rings is 1. The molecule has 2 heterocycles. The summed E-state index contributed by atoms with van der Waals surface area (Å²) in [7, 11) is 1.21. The third-order valence-electron chi connectivity index (χ3n) is 5.70. The lowest BCUT2D eigenvalue weighted by molar-refractivity contribution is -0.0755. The van der Waals surface area contributed by atoms with Crippen LogP contribution in [0.3, 0.4) is 0 Å². The number of fused-ring (bicyclic) bond motifs is 1. The lowest BCUT2D eigenvalue weighted by atomic mass is 10.2. The molecule has 0 aliphatic heterocycles. The van der Waals surface area contributed by atoms with Crippen LogP contribution in [-0.2, 0) is 4.84 Å². The number of aromatic nitrogens is 2. The highest BCUT2D eigenvalue weighted by molar-refractivity contribution is 6.96. The monoisotopic (exact) mass is 361 g/mol. The molecule has 0 atom stereocenters. The largest absolute Gasteiger partial charge is 0.345 e. The van der Waals surface area contributed by atoms with E-state index in [2.05, 4.69) is 57.6 Å². The summed E-state index contributed by atoms with van der Waals surface area (Å²) in [6.07, 6.45) is 3.64. The number of H-pyrrole nitrogens is 1. The molecule has 138 valence electrons. The molecule has 0 saturated heterocycles. The third kappa shape index (κ3) is 3.02. The first-order chi connectivity index (χ1) is 11.7. The molecule has 2 rings (SSSR count). The van der Waals surface area contributed by atoms with Crippen LogP contribution in [0.5, 0.6) is 0 Å². The number of nitrogens with one attached hydrogen (secondary N) is 1. The quantitative estimate of drug-likeness (QED) is 0.623. The van der Waals surface area contributed by atoms with E-state index in [1.54, 1.807) is 13.2 Å². The second kappa shape index (κ2) is 7.29. The van der Waals surface area contributed by atoms with E-state index in [1.807, 2.05) is 6.20 Å². The van der Waals surface area contributed by atoms with Crippen molar-refractivity contribution >= 4 is 30.2 Å². The molecule has 1 N–H and O–H groups in total. The van der Waals surface area contributed by atoms with Crippen LogP contribution in [0.25, 0.3) is 11.0 Å². The van der Waals surface area contributed by atoms with Gasteiger partial charge in [0.15, 0.2) is 0 Å². The Morgan fingerprint density at radius 3 is 2.20 bits per heavy atom. The van der Waals surface area contributed by atoms with Crippen molar-refractivity contribution in [2.45, 2.75) is 58.2 Å². The minimum absolute atomic E-state index is 0.151. The van der Waals surface area contributed by atoms with E-state index in [4.69, 9.17) is 4.84 Å². The highest BCUT2D eigenvalue weighted by Gasteiger charge is 2.46. The Hall–Kier alpha value is -1.66. The molecule has 0 aliphatic carbocycles. The number of carbonyl (C=O) groups is 1. The molecule has 25 heavy (non-hydrogen) atoms. The van der Waals surface area contributed by atoms with Gasteiger partial charge in [-0.2, -0.15) is 0 Å². The summed E-state index contributed by atoms with van der Waals surface area (Å²) in [6.45, 7) is 14.0. The van der Waals surface area contributed by atoms with Crippen molar-refractivity contribution in [3.05, 3.63) is 24.0 Å². The Bertz CT molecular complexity index is 730. The lowest BCUT2D eigenvalue weighted by Gasteiger charge is -2.44. The van der Waals surface area contributed by atoms with Crippen LogP contribution in [-0.4, -0.2) is 43.2 Å². The number of amides is 1. The molecule has 6 heteroatoms. The smallest absolute Gasteiger partial charge is 0.279 e. The second-order valence-electron chi connectivity index (χ2n) is 7.67. The molecule has 2 aromatic heterocycles. The molecule has 0 fully saturated rings. The van der Waals surface area contributed by atoms with E-state index in [9.17, 15) is 4.79 Å². The van der Waals surface area contributed by atoms with Gasteiger partial charge in [0.1, 0.15) is 5.65 Å². The van der Waals surface area contributed by atoms with Gasteiger partial charge in [-0.05, 0) is 27.9 Å². The van der Waals surface area contributed by atoms with Crippen LogP contribution in [0.2, 0.25) is 16.6 Å². The number of aromatic amines is 1. The number of rotatable bonds is 6. The van der Waals surface area contributed by atoms with Gasteiger partial charge in [0, 0.05) is 24.8 Å². The van der Waals surface area contributed by atoms with Crippen molar-refractivity contribution in [3.63, 3.8) is 0 Å². The predicted octanol–water partition coefficient (Wildman–Crippen LogP) is 4.08. The Balaban J connectivity index is 2.85. The number of hydroxylamine groups is 2. The van der Waals surface area contributed by atoms with E-state index in [0.29, 0.717) is 22.2 Å². The van der Waals surface area contributed by atoms with Crippen molar-refractivity contribution in [1.29, 1.82) is 0 Å². The maximum atomic E-state index is 12.8. The molecule has 0 aromatic carbocycles. The van der Waals surface area contributed by atoms with Gasteiger partial charge < -0.3 is 4.98 Å². The van der Waals surface area contributed by atoms with E-state index in [-0.39, 0.29) is 5.91 Å². The van der Waals surface area contributed by atoms with Gasteiger partial charge in [-0.1, -0.05) is 41.5 Å². The molecule has 2 aromatic rings. The van der Waals surface area contributed by atoms with Crippen LogP contribution in [0, 0.1) is 0 Å². The average molecular weight is 362 g/mol. The molecule has 0 unspecified atom stereocenters. The van der Waals surface area contributed by atoms with Gasteiger partial charge >= 0.3 is 0 Å². The second-order valence-corrected chi connectivity index (χ2v) is 13.5. The van der Waals surface area contributed by atoms with Crippen molar-refractivity contribution < 1.29 is 9.63 Å². The van der Waals surface area contributed by atoms with Gasteiger partial charge in [0.2, 0.25) is 0 Å². The molecule has 0 bridgehead atoms. The van der Waals surface area contributed by atoms with E-state index in [0.717, 1.165) is 11.0 Å². The number of hydrogen-bond acceptors (Lipinski definition) is 3. The Labute approximate surface area is 151 Å².